The third-order valence-corrected chi connectivity index (χ3v) is 3.81. The second-order valence-electron chi connectivity index (χ2n) is 7.36. The van der Waals surface area contributed by atoms with Crippen LogP contribution in [0.3, 0.4) is 0 Å². The molecule has 0 aliphatic carbocycles. The lowest BCUT2D eigenvalue weighted by Gasteiger charge is -2.33. The second kappa shape index (κ2) is 8.87. The number of piperidine rings is 1. The van der Waals surface area contributed by atoms with Gasteiger partial charge in [0.15, 0.2) is 18.4 Å². The van der Waals surface area contributed by atoms with Crippen molar-refractivity contribution in [1.82, 2.24) is 4.90 Å². The highest BCUT2D eigenvalue weighted by Crippen LogP contribution is 2.20. The van der Waals surface area contributed by atoms with Crippen LogP contribution < -0.4 is 33.3 Å². The fourth-order valence-corrected chi connectivity index (χ4v) is 2.52. The van der Waals surface area contributed by atoms with Gasteiger partial charge >= 0.3 is 6.09 Å². The van der Waals surface area contributed by atoms with Crippen LogP contribution >= 0.6 is 0 Å². The van der Waals surface area contributed by atoms with Crippen LogP contribution in [0, 0.1) is 0 Å². The Morgan fingerprint density at radius 2 is 1.75 bits per heavy atom. The number of hydrogen-bond acceptors (Lipinski definition) is 3. The Bertz CT molecular complexity index is 518. The molecule has 136 valence electrons. The summed E-state index contributed by atoms with van der Waals surface area (Å²) in [5, 5.41) is 0. The minimum Gasteiger partial charge on any atom is -1.00 e. The van der Waals surface area contributed by atoms with Crippen LogP contribution in [-0.2, 0) is 4.74 Å². The van der Waals surface area contributed by atoms with Gasteiger partial charge in [0.25, 0.3) is 0 Å². The van der Waals surface area contributed by atoms with Crippen molar-refractivity contribution in [2.24, 2.45) is 0 Å². The van der Waals surface area contributed by atoms with Crippen molar-refractivity contribution in [3.63, 3.8) is 0 Å². The maximum absolute atomic E-state index is 12.0. The molecule has 0 bridgehead atoms. The summed E-state index contributed by atoms with van der Waals surface area (Å²) in [6.07, 6.45) is 5.67. The van der Waals surface area contributed by atoms with E-state index in [0.29, 0.717) is 19.1 Å². The molecule has 1 aromatic heterocycles. The fraction of sp³-hybridized carbons (Fsp3) is 0.667. The Morgan fingerprint density at radius 3 is 2.21 bits per heavy atom. The summed E-state index contributed by atoms with van der Waals surface area (Å²) in [6.45, 7) is 11.3. The van der Waals surface area contributed by atoms with Gasteiger partial charge in [0, 0.05) is 38.1 Å². The lowest BCUT2D eigenvalue weighted by molar-refractivity contribution is -0.716. The molecule has 1 fully saturated rings. The third kappa shape index (κ3) is 6.45. The average Bonchev–Trinajstić information content (AvgIpc) is 2.46. The van der Waals surface area contributed by atoms with Crippen LogP contribution in [0.25, 0.3) is 0 Å². The molecule has 1 saturated heterocycles. The van der Waals surface area contributed by atoms with Crippen LogP contribution in [0.15, 0.2) is 24.5 Å². The SMILES string of the molecule is CC(C)[n+]1ccc(OC2CCN(C(=O)OC(C)(C)C)CC2)cc1.[I-]. The van der Waals surface area contributed by atoms with Gasteiger partial charge in [0.2, 0.25) is 0 Å². The Kier molecular flexibility index (Phi) is 7.76. The number of hydrogen-bond donors (Lipinski definition) is 0. The van der Waals surface area contributed by atoms with Gasteiger partial charge in [-0.1, -0.05) is 0 Å². The molecule has 0 spiro atoms. The molecule has 0 N–H and O–H groups in total. The number of carbonyl (C=O) groups excluding carboxylic acids is 1. The van der Waals surface area contributed by atoms with E-state index < -0.39 is 5.60 Å². The molecular formula is C18H29IN2O3. The highest BCUT2D eigenvalue weighted by Gasteiger charge is 2.27. The van der Waals surface area contributed by atoms with E-state index in [1.807, 2.05) is 45.3 Å². The Morgan fingerprint density at radius 1 is 1.21 bits per heavy atom. The number of halogens is 1. The summed E-state index contributed by atoms with van der Waals surface area (Å²) in [5.74, 6) is 0.887. The zero-order valence-corrected chi connectivity index (χ0v) is 17.4. The first-order valence-electron chi connectivity index (χ1n) is 8.40. The molecule has 0 radical (unpaired) electrons. The predicted octanol–water partition coefficient (Wildman–Crippen LogP) is 0.337. The van der Waals surface area contributed by atoms with E-state index in [0.717, 1.165) is 18.6 Å². The molecule has 2 heterocycles. The average molecular weight is 448 g/mol. The van der Waals surface area contributed by atoms with Gasteiger partial charge in [0.1, 0.15) is 17.5 Å². The molecule has 2 rings (SSSR count). The molecular weight excluding hydrogens is 419 g/mol. The molecule has 24 heavy (non-hydrogen) atoms. The maximum Gasteiger partial charge on any atom is 0.410 e. The highest BCUT2D eigenvalue weighted by molar-refractivity contribution is 5.68. The molecule has 0 aromatic carbocycles. The normalized spacial score (nSPS) is 15.8. The quantitative estimate of drug-likeness (QED) is 0.495. The van der Waals surface area contributed by atoms with Crippen LogP contribution in [0.1, 0.15) is 53.5 Å². The van der Waals surface area contributed by atoms with Gasteiger partial charge in [-0.3, -0.25) is 0 Å². The molecule has 0 atom stereocenters. The number of nitrogens with zero attached hydrogens (tertiary/aromatic N) is 2. The minimum atomic E-state index is -0.444. The molecule has 0 saturated carbocycles. The monoisotopic (exact) mass is 448 g/mol. The van der Waals surface area contributed by atoms with E-state index in [-0.39, 0.29) is 36.2 Å². The van der Waals surface area contributed by atoms with E-state index in [1.54, 1.807) is 4.90 Å². The topological polar surface area (TPSA) is 42.7 Å². The molecule has 0 unspecified atom stereocenters. The Balaban J connectivity index is 0.00000288. The zero-order chi connectivity index (χ0) is 17.0. The number of carbonyl (C=O) groups is 1. The minimum absolute atomic E-state index is 0. The number of ether oxygens (including phenoxy) is 2. The van der Waals surface area contributed by atoms with Crippen molar-refractivity contribution < 1.29 is 42.8 Å². The van der Waals surface area contributed by atoms with E-state index >= 15 is 0 Å². The van der Waals surface area contributed by atoms with Gasteiger partial charge in [-0.25, -0.2) is 9.36 Å². The van der Waals surface area contributed by atoms with E-state index in [1.165, 1.54) is 0 Å². The smallest absolute Gasteiger partial charge is 0.410 e. The standard InChI is InChI=1S/C18H29N2O3.HI/c1-14(2)19-10-6-15(7-11-19)22-16-8-12-20(13-9-16)17(21)23-18(3,4)5;/h6-7,10-11,14,16H,8-9,12-13H2,1-5H3;1H/q+1;/p-1. The predicted molar refractivity (Wildman–Crippen MR) is 88.5 cm³/mol. The summed E-state index contributed by atoms with van der Waals surface area (Å²) >= 11 is 0. The Labute approximate surface area is 162 Å². The van der Waals surface area contributed by atoms with Crippen molar-refractivity contribution >= 4 is 6.09 Å². The van der Waals surface area contributed by atoms with Crippen LogP contribution in [0.4, 0.5) is 4.79 Å². The van der Waals surface area contributed by atoms with Crippen LogP contribution in [0.5, 0.6) is 5.75 Å². The molecule has 1 amide bonds. The highest BCUT2D eigenvalue weighted by atomic mass is 127. The molecule has 1 aliphatic rings. The number of aromatic nitrogens is 1. The summed E-state index contributed by atoms with van der Waals surface area (Å²) in [5.41, 5.74) is -0.444. The lowest BCUT2D eigenvalue weighted by Crippen LogP contribution is -3.00. The Hall–Kier alpha value is -1.05. The van der Waals surface area contributed by atoms with Gasteiger partial charge < -0.3 is 38.4 Å². The fourth-order valence-electron chi connectivity index (χ4n) is 2.52. The molecule has 1 aliphatic heterocycles. The van der Waals surface area contributed by atoms with Gasteiger partial charge in [-0.05, 0) is 34.6 Å². The number of likely N-dealkylation sites (tertiary alicyclic amines) is 1. The van der Waals surface area contributed by atoms with Crippen LogP contribution in [0.2, 0.25) is 0 Å². The largest absolute Gasteiger partial charge is 1.00 e. The first-order chi connectivity index (χ1) is 10.7. The van der Waals surface area contributed by atoms with Crippen LogP contribution in [-0.4, -0.2) is 35.8 Å². The van der Waals surface area contributed by atoms with Gasteiger partial charge in [0.05, 0.1) is 0 Å². The van der Waals surface area contributed by atoms with Crippen molar-refractivity contribution in [2.75, 3.05) is 13.1 Å². The number of amides is 1. The van der Waals surface area contributed by atoms with E-state index in [9.17, 15) is 4.79 Å². The first-order valence-corrected chi connectivity index (χ1v) is 8.40. The van der Waals surface area contributed by atoms with Gasteiger partial charge in [-0.2, -0.15) is 0 Å². The van der Waals surface area contributed by atoms with Crippen molar-refractivity contribution in [2.45, 2.75) is 65.2 Å². The van der Waals surface area contributed by atoms with E-state index in [4.69, 9.17) is 9.47 Å². The summed E-state index contributed by atoms with van der Waals surface area (Å²) in [6, 6.07) is 4.45. The third-order valence-electron chi connectivity index (χ3n) is 3.81. The van der Waals surface area contributed by atoms with Gasteiger partial charge in [-0.15, -0.1) is 0 Å². The maximum atomic E-state index is 12.0. The summed E-state index contributed by atoms with van der Waals surface area (Å²) in [4.78, 5) is 13.8. The molecule has 1 aromatic rings. The van der Waals surface area contributed by atoms with E-state index in [2.05, 4.69) is 18.4 Å². The second-order valence-corrected chi connectivity index (χ2v) is 7.36. The molecule has 5 nitrogen and oxygen atoms in total. The van der Waals surface area contributed by atoms with Crippen molar-refractivity contribution in [3.8, 4) is 5.75 Å². The number of rotatable bonds is 3. The number of pyridine rings is 1. The summed E-state index contributed by atoms with van der Waals surface area (Å²) in [7, 11) is 0. The van der Waals surface area contributed by atoms with Crippen molar-refractivity contribution in [1.29, 1.82) is 0 Å². The first kappa shape index (κ1) is 21.0. The lowest BCUT2D eigenvalue weighted by atomic mass is 10.1. The van der Waals surface area contributed by atoms with Crippen molar-refractivity contribution in [3.05, 3.63) is 24.5 Å². The molecule has 6 heteroatoms. The zero-order valence-electron chi connectivity index (χ0n) is 15.3. The summed E-state index contributed by atoms with van der Waals surface area (Å²) < 4.78 is 13.6.